The highest BCUT2D eigenvalue weighted by Gasteiger charge is 2.33. The van der Waals surface area contributed by atoms with Crippen molar-refractivity contribution in [1.82, 2.24) is 9.97 Å². The Labute approximate surface area is 201 Å². The third-order valence-electron chi connectivity index (χ3n) is 5.41. The van der Waals surface area contributed by atoms with Gasteiger partial charge in [-0.1, -0.05) is 30.3 Å². The minimum Gasteiger partial charge on any atom is -0.465 e. The number of benzene rings is 1. The molecule has 5 nitrogen and oxygen atoms in total. The number of carbonyl (C=O) groups excluding carboxylic acids is 1. The lowest BCUT2D eigenvalue weighted by Gasteiger charge is -2.11. The van der Waals surface area contributed by atoms with Crippen molar-refractivity contribution in [3.63, 3.8) is 0 Å². The molecule has 5 rings (SSSR count). The summed E-state index contributed by atoms with van der Waals surface area (Å²) < 4.78 is 44.1. The molecule has 1 fully saturated rings. The molecule has 0 saturated heterocycles. The van der Waals surface area contributed by atoms with Crippen molar-refractivity contribution in [2.45, 2.75) is 24.9 Å². The van der Waals surface area contributed by atoms with Crippen molar-refractivity contribution in [2.75, 3.05) is 12.4 Å². The minimum absolute atomic E-state index is 0.0319. The lowest BCUT2D eigenvalue weighted by Crippen LogP contribution is -2.12. The maximum absolute atomic E-state index is 13.1. The number of nitrogens with zero attached hydrogens (tertiary/aromatic N) is 2. The number of esters is 1. The van der Waals surface area contributed by atoms with Gasteiger partial charge in [0.1, 0.15) is 11.4 Å². The molecule has 0 amide bonds. The number of alkyl halides is 3. The Balaban J connectivity index is 1.48. The number of methoxy groups -OCH3 is 1. The topological polar surface area (TPSA) is 64.1 Å². The van der Waals surface area contributed by atoms with Crippen molar-refractivity contribution < 1.29 is 22.7 Å². The minimum atomic E-state index is -4.63. The molecule has 1 N–H and O–H groups in total. The first-order chi connectivity index (χ1) is 16.3. The maximum atomic E-state index is 13.1. The van der Waals surface area contributed by atoms with Gasteiger partial charge in [-0.3, -0.25) is 0 Å². The second-order valence-corrected chi connectivity index (χ2v) is 9.77. The number of thiophene rings is 1. The van der Waals surface area contributed by atoms with Gasteiger partial charge in [-0.25, -0.2) is 14.8 Å². The average Bonchev–Trinajstić information content (AvgIpc) is 3.35. The average molecular weight is 502 g/mol. The maximum Gasteiger partial charge on any atom is 0.417 e. The lowest BCUT2D eigenvalue weighted by molar-refractivity contribution is -0.137. The highest BCUT2D eigenvalue weighted by molar-refractivity contribution is 7.16. The Morgan fingerprint density at radius 1 is 1.15 bits per heavy atom. The molecule has 0 unspecified atom stereocenters. The Morgan fingerprint density at radius 3 is 2.50 bits per heavy atom. The summed E-state index contributed by atoms with van der Waals surface area (Å²) in [4.78, 5) is 23.0. The molecule has 1 aliphatic carbocycles. The SMILES string of the molecule is COC(=O)c1cc(C(F)(F)F)cnc1Nc1nc(-c2ccc(-c3cccs3)cc2)c(C2CC2)s1. The number of thiazole rings is 1. The number of pyridine rings is 1. The van der Waals surface area contributed by atoms with Gasteiger partial charge in [0.15, 0.2) is 5.13 Å². The van der Waals surface area contributed by atoms with E-state index in [1.807, 2.05) is 23.6 Å². The monoisotopic (exact) mass is 501 g/mol. The zero-order valence-electron chi connectivity index (χ0n) is 17.8. The van der Waals surface area contributed by atoms with Gasteiger partial charge < -0.3 is 10.1 Å². The van der Waals surface area contributed by atoms with E-state index < -0.39 is 17.7 Å². The molecule has 0 aliphatic heterocycles. The summed E-state index contributed by atoms with van der Waals surface area (Å²) in [5, 5.41) is 5.43. The van der Waals surface area contributed by atoms with Crippen LogP contribution < -0.4 is 5.32 Å². The van der Waals surface area contributed by atoms with Crippen LogP contribution in [0.1, 0.15) is 39.6 Å². The summed E-state index contributed by atoms with van der Waals surface area (Å²) in [6.45, 7) is 0. The number of anilines is 2. The van der Waals surface area contributed by atoms with E-state index in [4.69, 9.17) is 4.98 Å². The number of hydrogen-bond acceptors (Lipinski definition) is 7. The standard InChI is InChI=1S/C24H18F3N3O2S2/c1-32-22(31)17-11-16(24(25,26)27)12-28-21(17)30-23-29-19(20(34-23)15-8-9-15)14-6-4-13(5-7-14)18-3-2-10-33-18/h2-7,10-12,15H,8-9H2,1H3,(H,28,29,30). The van der Waals surface area contributed by atoms with Crippen molar-refractivity contribution in [3.05, 3.63) is 70.0 Å². The molecule has 1 aromatic carbocycles. The van der Waals surface area contributed by atoms with Gasteiger partial charge in [0.2, 0.25) is 0 Å². The van der Waals surface area contributed by atoms with Crippen LogP contribution in [0.15, 0.2) is 54.0 Å². The summed E-state index contributed by atoms with van der Waals surface area (Å²) in [7, 11) is 1.11. The van der Waals surface area contributed by atoms with Crippen molar-refractivity contribution in [2.24, 2.45) is 0 Å². The summed E-state index contributed by atoms with van der Waals surface area (Å²) >= 11 is 3.10. The van der Waals surface area contributed by atoms with E-state index in [1.165, 1.54) is 16.2 Å². The van der Waals surface area contributed by atoms with Gasteiger partial charge in [0.05, 0.1) is 18.4 Å². The first-order valence-corrected chi connectivity index (χ1v) is 12.1. The van der Waals surface area contributed by atoms with Gasteiger partial charge in [0, 0.05) is 21.5 Å². The van der Waals surface area contributed by atoms with Crippen molar-refractivity contribution >= 4 is 39.6 Å². The molecule has 3 aromatic heterocycles. The van der Waals surface area contributed by atoms with Gasteiger partial charge in [0.25, 0.3) is 0 Å². The molecule has 0 radical (unpaired) electrons. The van der Waals surface area contributed by atoms with Crippen LogP contribution in [-0.2, 0) is 10.9 Å². The molecule has 1 saturated carbocycles. The Bertz CT molecular complexity index is 1330. The number of aromatic nitrogens is 2. The third-order valence-corrected chi connectivity index (χ3v) is 7.46. The molecule has 0 atom stereocenters. The molecule has 34 heavy (non-hydrogen) atoms. The largest absolute Gasteiger partial charge is 0.465 e. The van der Waals surface area contributed by atoms with Crippen LogP contribution >= 0.6 is 22.7 Å². The second-order valence-electron chi connectivity index (χ2n) is 7.80. The van der Waals surface area contributed by atoms with E-state index in [0.717, 1.165) is 47.7 Å². The second kappa shape index (κ2) is 8.84. The molecule has 174 valence electrons. The Morgan fingerprint density at radius 2 is 1.88 bits per heavy atom. The fraction of sp³-hybridized carbons (Fsp3) is 0.208. The highest BCUT2D eigenvalue weighted by Crippen LogP contribution is 2.49. The number of carbonyl (C=O) groups is 1. The van der Waals surface area contributed by atoms with Crippen LogP contribution in [0.5, 0.6) is 0 Å². The van der Waals surface area contributed by atoms with Gasteiger partial charge in [-0.05, 0) is 41.8 Å². The predicted octanol–water partition coefficient (Wildman–Crippen LogP) is 7.36. The lowest BCUT2D eigenvalue weighted by atomic mass is 10.1. The van der Waals surface area contributed by atoms with Gasteiger partial charge >= 0.3 is 12.1 Å². The smallest absolute Gasteiger partial charge is 0.417 e. The van der Waals surface area contributed by atoms with Gasteiger partial charge in [-0.2, -0.15) is 13.2 Å². The Kier molecular flexibility index (Phi) is 5.86. The van der Waals surface area contributed by atoms with Crippen LogP contribution in [0.4, 0.5) is 24.1 Å². The molecule has 1 aliphatic rings. The molecule has 0 spiro atoms. The zero-order chi connectivity index (χ0) is 23.9. The first kappa shape index (κ1) is 22.5. The number of rotatable bonds is 6. The van der Waals surface area contributed by atoms with E-state index in [9.17, 15) is 18.0 Å². The summed E-state index contributed by atoms with van der Waals surface area (Å²) in [6.07, 6.45) is -1.81. The quantitative estimate of drug-likeness (QED) is 0.280. The van der Waals surface area contributed by atoms with Crippen LogP contribution in [0.2, 0.25) is 0 Å². The highest BCUT2D eigenvalue weighted by atomic mass is 32.1. The van der Waals surface area contributed by atoms with Crippen LogP contribution in [-0.4, -0.2) is 23.0 Å². The number of nitrogens with one attached hydrogen (secondary N) is 1. The van der Waals surface area contributed by atoms with E-state index in [2.05, 4.69) is 33.2 Å². The molecular weight excluding hydrogens is 483 g/mol. The molecule has 3 heterocycles. The predicted molar refractivity (Wildman–Crippen MR) is 127 cm³/mol. The van der Waals surface area contributed by atoms with Crippen LogP contribution in [0.25, 0.3) is 21.7 Å². The number of halogens is 3. The fourth-order valence-corrected chi connectivity index (χ4v) is 5.42. The van der Waals surface area contributed by atoms with E-state index in [-0.39, 0.29) is 11.4 Å². The van der Waals surface area contributed by atoms with E-state index in [0.29, 0.717) is 17.2 Å². The molecule has 10 heteroatoms. The molecular formula is C24H18F3N3O2S2. The molecule has 0 bridgehead atoms. The van der Waals surface area contributed by atoms with Crippen molar-refractivity contribution in [1.29, 1.82) is 0 Å². The zero-order valence-corrected chi connectivity index (χ0v) is 19.5. The summed E-state index contributed by atoms with van der Waals surface area (Å²) in [5.41, 5.74) is 1.58. The normalized spacial score (nSPS) is 13.6. The van der Waals surface area contributed by atoms with Crippen molar-refractivity contribution in [3.8, 4) is 21.7 Å². The fourth-order valence-electron chi connectivity index (χ4n) is 3.54. The van der Waals surface area contributed by atoms with E-state index in [1.54, 1.807) is 11.3 Å². The van der Waals surface area contributed by atoms with Crippen LogP contribution in [0, 0.1) is 0 Å². The summed E-state index contributed by atoms with van der Waals surface area (Å²) in [5.74, 6) is -0.541. The number of hydrogen-bond donors (Lipinski definition) is 1. The van der Waals surface area contributed by atoms with E-state index >= 15 is 0 Å². The Hall–Kier alpha value is -3.24. The first-order valence-electron chi connectivity index (χ1n) is 10.4. The third kappa shape index (κ3) is 4.55. The van der Waals surface area contributed by atoms with Crippen LogP contribution in [0.3, 0.4) is 0 Å². The summed E-state index contributed by atoms with van der Waals surface area (Å²) in [6, 6.07) is 13.0. The van der Waals surface area contributed by atoms with Gasteiger partial charge in [-0.15, -0.1) is 22.7 Å². The number of ether oxygens (including phenoxy) is 1. The molecule has 4 aromatic rings.